The van der Waals surface area contributed by atoms with Crippen molar-refractivity contribution >= 4 is 33.5 Å². The maximum Gasteiger partial charge on any atom is 0.419 e. The van der Waals surface area contributed by atoms with Crippen LogP contribution >= 0.6 is 12.4 Å². The van der Waals surface area contributed by atoms with Gasteiger partial charge >= 0.3 is 5.76 Å². The molecule has 0 aliphatic carbocycles. The summed E-state index contributed by atoms with van der Waals surface area (Å²) in [7, 11) is -2.02. The Morgan fingerprint density at radius 3 is 2.91 bits per heavy atom. The number of oxazole rings is 1. The number of aromatic nitrogens is 1. The molecule has 128 valence electrons. The summed E-state index contributed by atoms with van der Waals surface area (Å²) >= 11 is 0. The predicted molar refractivity (Wildman–Crippen MR) is 89.5 cm³/mol. The highest BCUT2D eigenvalue weighted by Gasteiger charge is 2.20. The Balaban J connectivity index is 0.00000192. The van der Waals surface area contributed by atoms with Crippen LogP contribution in [0.25, 0.3) is 11.1 Å². The Kier molecular flexibility index (Phi) is 5.51. The minimum Gasteiger partial charge on any atom is -0.408 e. The fraction of sp³-hybridized carbons (Fsp3) is 0.500. The number of benzene rings is 1. The lowest BCUT2D eigenvalue weighted by molar-refractivity contribution is 0.376. The van der Waals surface area contributed by atoms with Crippen LogP contribution in [0.2, 0.25) is 0 Å². The highest BCUT2D eigenvalue weighted by molar-refractivity contribution is 7.89. The van der Waals surface area contributed by atoms with Crippen LogP contribution in [0.5, 0.6) is 0 Å². The van der Waals surface area contributed by atoms with Gasteiger partial charge in [0.15, 0.2) is 5.58 Å². The van der Waals surface area contributed by atoms with Crippen molar-refractivity contribution in [2.75, 3.05) is 19.6 Å². The Morgan fingerprint density at radius 1 is 1.43 bits per heavy atom. The quantitative estimate of drug-likeness (QED) is 0.841. The molecule has 0 saturated carbocycles. The number of halogens is 1. The Bertz CT molecular complexity index is 837. The van der Waals surface area contributed by atoms with E-state index in [0.717, 1.165) is 25.9 Å². The van der Waals surface area contributed by atoms with Gasteiger partial charge in [0, 0.05) is 19.7 Å². The molecule has 3 rings (SSSR count). The number of hydrogen-bond acceptors (Lipinski definition) is 5. The minimum absolute atomic E-state index is 0. The monoisotopic (exact) mass is 361 g/mol. The van der Waals surface area contributed by atoms with E-state index < -0.39 is 15.8 Å². The van der Waals surface area contributed by atoms with E-state index in [9.17, 15) is 13.2 Å². The van der Waals surface area contributed by atoms with Crippen LogP contribution in [-0.4, -0.2) is 32.6 Å². The molecule has 2 heterocycles. The van der Waals surface area contributed by atoms with Gasteiger partial charge < -0.3 is 9.73 Å². The first kappa shape index (κ1) is 18.0. The van der Waals surface area contributed by atoms with E-state index in [1.54, 1.807) is 13.1 Å². The molecule has 0 amide bonds. The molecule has 0 bridgehead atoms. The summed E-state index contributed by atoms with van der Waals surface area (Å²) in [5, 5.41) is 3.26. The molecule has 23 heavy (non-hydrogen) atoms. The van der Waals surface area contributed by atoms with E-state index in [1.165, 1.54) is 16.7 Å². The SMILES string of the molecule is Cl.Cn1c(=O)oc2cc(S(=O)(=O)NCC3CCCNC3)ccc21. The third kappa shape index (κ3) is 3.77. The molecule has 9 heteroatoms. The maximum absolute atomic E-state index is 12.4. The number of hydrogen-bond donors (Lipinski definition) is 2. The minimum atomic E-state index is -3.60. The van der Waals surface area contributed by atoms with Crippen molar-refractivity contribution in [1.82, 2.24) is 14.6 Å². The largest absolute Gasteiger partial charge is 0.419 e. The molecular weight excluding hydrogens is 342 g/mol. The van der Waals surface area contributed by atoms with Gasteiger partial charge in [-0.1, -0.05) is 0 Å². The second-order valence-corrected chi connectivity index (χ2v) is 7.39. The third-order valence-corrected chi connectivity index (χ3v) is 5.46. The molecule has 1 unspecified atom stereocenters. The second-order valence-electron chi connectivity index (χ2n) is 5.62. The first-order valence-electron chi connectivity index (χ1n) is 7.27. The summed E-state index contributed by atoms with van der Waals surface area (Å²) in [6.45, 7) is 2.23. The van der Waals surface area contributed by atoms with Gasteiger partial charge in [0.05, 0.1) is 10.4 Å². The fourth-order valence-electron chi connectivity index (χ4n) is 2.69. The van der Waals surface area contributed by atoms with Gasteiger partial charge in [-0.15, -0.1) is 12.4 Å². The van der Waals surface area contributed by atoms with Gasteiger partial charge in [0.25, 0.3) is 0 Å². The normalized spacial score (nSPS) is 18.7. The third-order valence-electron chi connectivity index (χ3n) is 4.04. The van der Waals surface area contributed by atoms with Crippen molar-refractivity contribution in [1.29, 1.82) is 0 Å². The van der Waals surface area contributed by atoms with E-state index in [-0.39, 0.29) is 22.9 Å². The van der Waals surface area contributed by atoms with Crippen LogP contribution in [0.3, 0.4) is 0 Å². The summed E-state index contributed by atoms with van der Waals surface area (Å²) in [6.07, 6.45) is 2.08. The van der Waals surface area contributed by atoms with Gasteiger partial charge in [-0.2, -0.15) is 0 Å². The lowest BCUT2D eigenvalue weighted by atomic mass is 10.0. The number of fused-ring (bicyclic) bond motifs is 1. The number of nitrogens with zero attached hydrogens (tertiary/aromatic N) is 1. The molecule has 1 saturated heterocycles. The van der Waals surface area contributed by atoms with Crippen molar-refractivity contribution in [2.45, 2.75) is 17.7 Å². The molecule has 1 aliphatic heterocycles. The Labute approximate surface area is 140 Å². The summed E-state index contributed by atoms with van der Waals surface area (Å²) in [6, 6.07) is 4.45. The molecule has 2 N–H and O–H groups in total. The molecule has 2 aromatic rings. The standard InChI is InChI=1S/C14H19N3O4S.ClH/c1-17-12-5-4-11(7-13(12)21-14(17)18)22(19,20)16-9-10-3-2-6-15-8-10;/h4-5,7,10,15-16H,2-3,6,8-9H2,1H3;1H. The summed E-state index contributed by atoms with van der Waals surface area (Å²) in [5.41, 5.74) is 0.843. The number of rotatable bonds is 4. The predicted octanol–water partition coefficient (Wildman–Crippen LogP) is 0.831. The molecule has 0 radical (unpaired) electrons. The van der Waals surface area contributed by atoms with Crippen LogP contribution in [0.4, 0.5) is 0 Å². The van der Waals surface area contributed by atoms with Crippen molar-refractivity contribution in [2.24, 2.45) is 13.0 Å². The number of aryl methyl sites for hydroxylation is 1. The Hall–Kier alpha value is -1.35. The zero-order chi connectivity index (χ0) is 15.7. The molecule has 1 aliphatic rings. The van der Waals surface area contributed by atoms with Crippen LogP contribution in [0.15, 0.2) is 32.3 Å². The van der Waals surface area contributed by atoms with Crippen LogP contribution in [0, 0.1) is 5.92 Å². The molecule has 1 aromatic heterocycles. The first-order valence-corrected chi connectivity index (χ1v) is 8.75. The van der Waals surface area contributed by atoms with E-state index in [4.69, 9.17) is 4.42 Å². The topological polar surface area (TPSA) is 93.3 Å². The van der Waals surface area contributed by atoms with Crippen molar-refractivity contribution in [3.63, 3.8) is 0 Å². The summed E-state index contributed by atoms with van der Waals surface area (Å²) in [5.74, 6) is -0.201. The highest BCUT2D eigenvalue weighted by Crippen LogP contribution is 2.18. The first-order chi connectivity index (χ1) is 10.5. The molecule has 1 atom stereocenters. The summed E-state index contributed by atoms with van der Waals surface area (Å²) in [4.78, 5) is 11.6. The maximum atomic E-state index is 12.4. The number of nitrogens with one attached hydrogen (secondary N) is 2. The summed E-state index contributed by atoms with van der Waals surface area (Å²) < 4.78 is 33.7. The number of piperidine rings is 1. The van der Waals surface area contributed by atoms with Gasteiger partial charge in [-0.05, 0) is 44.0 Å². The molecule has 1 fully saturated rings. The molecule has 0 spiro atoms. The van der Waals surface area contributed by atoms with Crippen molar-refractivity contribution < 1.29 is 12.8 Å². The van der Waals surface area contributed by atoms with E-state index in [0.29, 0.717) is 18.0 Å². The second kappa shape index (κ2) is 7.04. The lowest BCUT2D eigenvalue weighted by Crippen LogP contribution is -2.38. The van der Waals surface area contributed by atoms with Crippen LogP contribution in [-0.2, 0) is 17.1 Å². The van der Waals surface area contributed by atoms with Gasteiger partial charge in [-0.3, -0.25) is 4.57 Å². The van der Waals surface area contributed by atoms with Crippen LogP contribution in [0.1, 0.15) is 12.8 Å². The zero-order valence-corrected chi connectivity index (χ0v) is 14.4. The smallest absolute Gasteiger partial charge is 0.408 e. The molecule has 1 aromatic carbocycles. The fourth-order valence-corrected chi connectivity index (χ4v) is 3.82. The van der Waals surface area contributed by atoms with Gasteiger partial charge in [-0.25, -0.2) is 17.9 Å². The molecular formula is C14H20ClN3O4S. The Morgan fingerprint density at radius 2 is 2.22 bits per heavy atom. The molecule has 7 nitrogen and oxygen atoms in total. The van der Waals surface area contributed by atoms with E-state index >= 15 is 0 Å². The van der Waals surface area contributed by atoms with E-state index in [2.05, 4.69) is 10.0 Å². The van der Waals surface area contributed by atoms with Gasteiger partial charge in [0.2, 0.25) is 10.0 Å². The van der Waals surface area contributed by atoms with Crippen LogP contribution < -0.4 is 15.8 Å². The lowest BCUT2D eigenvalue weighted by Gasteiger charge is -2.22. The average molecular weight is 362 g/mol. The van der Waals surface area contributed by atoms with Crippen molar-refractivity contribution in [3.8, 4) is 0 Å². The zero-order valence-electron chi connectivity index (χ0n) is 12.7. The van der Waals surface area contributed by atoms with Gasteiger partial charge in [0.1, 0.15) is 0 Å². The number of sulfonamides is 1. The van der Waals surface area contributed by atoms with Crippen molar-refractivity contribution in [3.05, 3.63) is 28.7 Å². The van der Waals surface area contributed by atoms with E-state index in [1.807, 2.05) is 0 Å². The highest BCUT2D eigenvalue weighted by atomic mass is 35.5. The average Bonchev–Trinajstić information content (AvgIpc) is 2.81.